The molecule has 1 amide bonds. The summed E-state index contributed by atoms with van der Waals surface area (Å²) in [6.07, 6.45) is 12.2. The van der Waals surface area contributed by atoms with Crippen molar-refractivity contribution in [3.63, 3.8) is 0 Å². The first-order valence-corrected chi connectivity index (χ1v) is 18.1. The number of rotatable bonds is 3. The van der Waals surface area contributed by atoms with Crippen molar-refractivity contribution in [2.24, 2.45) is 39.6 Å². The van der Waals surface area contributed by atoms with Gasteiger partial charge in [-0.05, 0) is 104 Å². The number of phenolic OH excluding ortho intramolecular Hbond substituents is 1. The minimum Gasteiger partial charge on any atom is -0.507 e. The van der Waals surface area contributed by atoms with Crippen molar-refractivity contribution < 1.29 is 15.0 Å². The summed E-state index contributed by atoms with van der Waals surface area (Å²) in [5.41, 5.74) is 8.55. The number of aliphatic hydroxyl groups is 1. The standard InChI is InChI=1S/C40H50ClN3O3/c1-23(2)38-32-19-26-15-16-30-33(39(44-40(26)47)27-11-7-9-17-42-22-24(27)3)20-34(41)31(29-13-5-6-14-35(29)45)21-36(46)37(30)25(4)28(32)12-8-10-18-43-38/h5-6,10,13-14,18,20,23-27,36,42,45-46H,7-9,11-12,15-17,19,21-22H2,1-4H3/b18-10-,32-28+,33-20+,34-31-,37-30+,43-38-,44-39-/t24-,25?,26?,27?,36?/m0/s1. The monoisotopic (exact) mass is 655 g/mol. The average molecular weight is 656 g/mol. The van der Waals surface area contributed by atoms with Crippen molar-refractivity contribution in [1.82, 2.24) is 5.32 Å². The molecule has 47 heavy (non-hydrogen) atoms. The van der Waals surface area contributed by atoms with Crippen LogP contribution >= 0.6 is 11.6 Å². The highest BCUT2D eigenvalue weighted by atomic mass is 35.5. The van der Waals surface area contributed by atoms with Crippen LogP contribution in [0.2, 0.25) is 0 Å². The number of hydrogen-bond donors (Lipinski definition) is 3. The number of carbonyl (C=O) groups is 1. The predicted octanol–water partition coefficient (Wildman–Crippen LogP) is 8.47. The molecule has 250 valence electrons. The lowest BCUT2D eigenvalue weighted by Gasteiger charge is -2.35. The van der Waals surface area contributed by atoms with Gasteiger partial charge in [0.15, 0.2) is 0 Å². The van der Waals surface area contributed by atoms with Gasteiger partial charge in [-0.2, -0.15) is 0 Å². The molecule has 0 saturated carbocycles. The number of nitrogens with zero attached hydrogens (tertiary/aromatic N) is 2. The largest absolute Gasteiger partial charge is 0.507 e. The number of benzene rings is 1. The number of carbonyl (C=O) groups excluding carboxylic acids is 1. The van der Waals surface area contributed by atoms with E-state index in [2.05, 4.69) is 39.1 Å². The molecule has 0 spiro atoms. The molecule has 3 heterocycles. The van der Waals surface area contributed by atoms with E-state index in [1.807, 2.05) is 24.4 Å². The fourth-order valence-electron chi connectivity index (χ4n) is 8.53. The van der Waals surface area contributed by atoms with E-state index in [4.69, 9.17) is 21.6 Å². The SMILES string of the molecule is CC(C)C1=N/C=C\CC/C2=C\1CC1CCC3=C(\C(O)C\C(c4ccccc4O)=C(Cl)/C=C\3C(/C3CCCCNC[C@@H]3C)=N\C1=O)C2C. The van der Waals surface area contributed by atoms with Crippen molar-refractivity contribution in [2.75, 3.05) is 13.1 Å². The van der Waals surface area contributed by atoms with Crippen molar-refractivity contribution in [1.29, 1.82) is 0 Å². The van der Waals surface area contributed by atoms with Gasteiger partial charge >= 0.3 is 0 Å². The minimum absolute atomic E-state index is 0.0599. The number of para-hydroxylation sites is 1. The lowest BCUT2D eigenvalue weighted by Crippen LogP contribution is -2.36. The Labute approximate surface area is 285 Å². The molecular weight excluding hydrogens is 606 g/mol. The summed E-state index contributed by atoms with van der Waals surface area (Å²) in [4.78, 5) is 24.5. The van der Waals surface area contributed by atoms with Crippen molar-refractivity contribution in [2.45, 2.75) is 91.6 Å². The van der Waals surface area contributed by atoms with Crippen LogP contribution in [0, 0.1) is 29.6 Å². The third kappa shape index (κ3) is 6.93. The zero-order valence-corrected chi connectivity index (χ0v) is 29.1. The van der Waals surface area contributed by atoms with Crippen LogP contribution < -0.4 is 5.32 Å². The van der Waals surface area contributed by atoms with E-state index in [1.165, 1.54) is 11.1 Å². The zero-order valence-electron chi connectivity index (χ0n) is 28.4. The second kappa shape index (κ2) is 14.6. The Morgan fingerprint density at radius 3 is 2.62 bits per heavy atom. The minimum atomic E-state index is -0.842. The molecule has 0 aromatic heterocycles. The predicted molar refractivity (Wildman–Crippen MR) is 193 cm³/mol. The lowest BCUT2D eigenvalue weighted by molar-refractivity contribution is -0.121. The summed E-state index contributed by atoms with van der Waals surface area (Å²) < 4.78 is 0. The second-order valence-corrected chi connectivity index (χ2v) is 14.8. The van der Waals surface area contributed by atoms with E-state index >= 15 is 0 Å². The summed E-state index contributed by atoms with van der Waals surface area (Å²) in [6, 6.07) is 7.20. The first-order chi connectivity index (χ1) is 22.7. The van der Waals surface area contributed by atoms with Crippen molar-refractivity contribution >= 4 is 34.5 Å². The Kier molecular flexibility index (Phi) is 10.5. The maximum absolute atomic E-state index is 14.4. The van der Waals surface area contributed by atoms with Gasteiger partial charge in [-0.25, -0.2) is 4.99 Å². The molecule has 4 unspecified atom stereocenters. The van der Waals surface area contributed by atoms with E-state index in [0.29, 0.717) is 35.4 Å². The number of amides is 1. The molecular formula is C40H50ClN3O3. The second-order valence-electron chi connectivity index (χ2n) is 14.4. The molecule has 1 aromatic rings. The van der Waals surface area contributed by atoms with Gasteiger partial charge in [-0.3, -0.25) is 9.79 Å². The number of halogens is 1. The molecule has 2 bridgehead atoms. The maximum Gasteiger partial charge on any atom is 0.249 e. The highest BCUT2D eigenvalue weighted by molar-refractivity contribution is 6.35. The number of hydrogen-bond acceptors (Lipinski definition) is 5. The third-order valence-electron chi connectivity index (χ3n) is 11.0. The van der Waals surface area contributed by atoms with Gasteiger partial charge in [0.2, 0.25) is 5.91 Å². The third-order valence-corrected chi connectivity index (χ3v) is 11.4. The average Bonchev–Trinajstić information content (AvgIpc) is 3.05. The van der Waals surface area contributed by atoms with Crippen LogP contribution in [0.5, 0.6) is 5.75 Å². The van der Waals surface area contributed by atoms with Crippen molar-refractivity contribution in [3.8, 4) is 5.75 Å². The van der Waals surface area contributed by atoms with E-state index in [-0.39, 0.29) is 47.7 Å². The van der Waals surface area contributed by atoms with Gasteiger partial charge in [0.25, 0.3) is 0 Å². The van der Waals surface area contributed by atoms with E-state index in [0.717, 1.165) is 73.3 Å². The van der Waals surface area contributed by atoms with Crippen molar-refractivity contribution in [3.05, 3.63) is 81.1 Å². The molecule has 5 aliphatic rings. The Bertz CT molecular complexity index is 1620. The van der Waals surface area contributed by atoms with Crippen LogP contribution in [0.1, 0.15) is 91.0 Å². The topological polar surface area (TPSA) is 94.3 Å². The van der Waals surface area contributed by atoms with Crippen LogP contribution in [0.25, 0.3) is 5.57 Å². The fourth-order valence-corrected chi connectivity index (χ4v) is 8.82. The molecule has 6 nitrogen and oxygen atoms in total. The molecule has 1 fully saturated rings. The normalized spacial score (nSPS) is 38.1. The van der Waals surface area contributed by atoms with E-state index < -0.39 is 6.10 Å². The molecule has 3 aliphatic heterocycles. The molecule has 1 aromatic carbocycles. The molecule has 3 N–H and O–H groups in total. The summed E-state index contributed by atoms with van der Waals surface area (Å²) in [7, 11) is 0. The van der Waals surface area contributed by atoms with Gasteiger partial charge in [0.05, 0.1) is 11.8 Å². The van der Waals surface area contributed by atoms with Crippen LogP contribution in [-0.2, 0) is 4.79 Å². The van der Waals surface area contributed by atoms with Crippen LogP contribution in [0.15, 0.2) is 85.5 Å². The summed E-state index contributed by atoms with van der Waals surface area (Å²) in [5.74, 6) is 0.213. The lowest BCUT2D eigenvalue weighted by atomic mass is 9.72. The Morgan fingerprint density at radius 1 is 1.02 bits per heavy atom. The first kappa shape index (κ1) is 33.8. The Balaban J connectivity index is 1.66. The van der Waals surface area contributed by atoms with Gasteiger partial charge in [-0.15, -0.1) is 0 Å². The van der Waals surface area contributed by atoms with Crippen LogP contribution in [0.4, 0.5) is 0 Å². The van der Waals surface area contributed by atoms with Crippen LogP contribution in [-0.4, -0.2) is 46.7 Å². The summed E-state index contributed by atoms with van der Waals surface area (Å²) >= 11 is 7.26. The number of aliphatic imine (C=N–C) groups is 2. The van der Waals surface area contributed by atoms with Gasteiger partial charge < -0.3 is 15.5 Å². The van der Waals surface area contributed by atoms with E-state index in [9.17, 15) is 15.0 Å². The number of fused-ring (bicyclic) bond motifs is 2. The Hall–Kier alpha value is -3.06. The quantitative estimate of drug-likeness (QED) is 0.304. The first-order valence-electron chi connectivity index (χ1n) is 17.7. The zero-order chi connectivity index (χ0) is 33.2. The fraction of sp³-hybridized carbons (Fsp3) is 0.525. The molecule has 0 radical (unpaired) electrons. The highest BCUT2D eigenvalue weighted by Gasteiger charge is 2.39. The number of phenols is 1. The molecule has 7 heteroatoms. The number of aromatic hydroxyl groups is 1. The van der Waals surface area contributed by atoms with Gasteiger partial charge in [-0.1, -0.05) is 75.6 Å². The van der Waals surface area contributed by atoms with Crippen LogP contribution in [0.3, 0.4) is 0 Å². The Morgan fingerprint density at radius 2 is 1.83 bits per heavy atom. The summed E-state index contributed by atoms with van der Waals surface area (Å²) in [6.45, 7) is 10.7. The molecule has 5 atom stereocenters. The van der Waals surface area contributed by atoms with Gasteiger partial charge in [0.1, 0.15) is 5.75 Å². The highest BCUT2D eigenvalue weighted by Crippen LogP contribution is 2.47. The molecule has 1 saturated heterocycles. The number of allylic oxidation sites excluding steroid dienone is 7. The number of nitrogens with one attached hydrogen (secondary N) is 1. The smallest absolute Gasteiger partial charge is 0.249 e. The summed E-state index contributed by atoms with van der Waals surface area (Å²) in [5, 5.41) is 27.5. The number of aliphatic hydroxyl groups excluding tert-OH is 1. The van der Waals surface area contributed by atoms with E-state index in [1.54, 1.807) is 12.1 Å². The maximum atomic E-state index is 14.4. The molecule has 2 aliphatic carbocycles. The molecule has 6 rings (SSSR count). The van der Waals surface area contributed by atoms with Gasteiger partial charge in [0, 0.05) is 52.3 Å².